The minimum Gasteiger partial charge on any atom is -0.392 e. The van der Waals surface area contributed by atoms with Crippen LogP contribution < -0.4 is 5.32 Å². The van der Waals surface area contributed by atoms with Crippen LogP contribution >= 0.6 is 11.5 Å². The number of aliphatic hydroxyl groups excluding tert-OH is 1. The fraction of sp³-hybridized carbons (Fsp3) is 0.727. The number of amides is 1. The summed E-state index contributed by atoms with van der Waals surface area (Å²) < 4.78 is 3.63. The van der Waals surface area contributed by atoms with Crippen molar-refractivity contribution in [3.05, 3.63) is 11.1 Å². The normalized spacial score (nSPS) is 13.8. The molecule has 1 aromatic heterocycles. The standard InChI is InChI=1S/C11H19N3O2S/c1-7(2)9(15)11(3,4)6-12-10(16)8-5-13-14-17-8/h5,7,9,15H,6H2,1-4H3,(H,12,16). The Balaban J connectivity index is 2.53. The Morgan fingerprint density at radius 2 is 2.24 bits per heavy atom. The molecule has 0 fully saturated rings. The number of aromatic nitrogens is 2. The molecule has 0 spiro atoms. The van der Waals surface area contributed by atoms with Gasteiger partial charge in [-0.25, -0.2) is 0 Å². The molecule has 5 nitrogen and oxygen atoms in total. The highest BCUT2D eigenvalue weighted by Crippen LogP contribution is 2.25. The zero-order chi connectivity index (χ0) is 13.1. The Bertz CT molecular complexity index is 363. The van der Waals surface area contributed by atoms with Crippen molar-refractivity contribution in [2.24, 2.45) is 11.3 Å². The number of hydrogen-bond donors (Lipinski definition) is 2. The van der Waals surface area contributed by atoms with Gasteiger partial charge in [0, 0.05) is 12.0 Å². The third-order valence-electron chi connectivity index (χ3n) is 2.72. The molecule has 0 aliphatic carbocycles. The van der Waals surface area contributed by atoms with Gasteiger partial charge in [-0.3, -0.25) is 4.79 Å². The summed E-state index contributed by atoms with van der Waals surface area (Å²) in [5.74, 6) is -0.0315. The Kier molecular flexibility index (Phi) is 4.59. The van der Waals surface area contributed by atoms with E-state index in [1.54, 1.807) is 0 Å². The summed E-state index contributed by atoms with van der Waals surface area (Å²) in [7, 11) is 0. The lowest BCUT2D eigenvalue weighted by molar-refractivity contribution is 0.0138. The molecule has 1 atom stereocenters. The molecule has 0 aromatic carbocycles. The van der Waals surface area contributed by atoms with Crippen molar-refractivity contribution < 1.29 is 9.90 Å². The zero-order valence-corrected chi connectivity index (χ0v) is 11.4. The number of aliphatic hydroxyl groups is 1. The van der Waals surface area contributed by atoms with Crippen molar-refractivity contribution in [2.75, 3.05) is 6.54 Å². The van der Waals surface area contributed by atoms with Crippen LogP contribution in [0.3, 0.4) is 0 Å². The molecule has 1 rings (SSSR count). The first-order valence-electron chi connectivity index (χ1n) is 5.58. The summed E-state index contributed by atoms with van der Waals surface area (Å²) in [6.07, 6.45) is 0.980. The van der Waals surface area contributed by atoms with Gasteiger partial charge in [0.2, 0.25) is 0 Å². The van der Waals surface area contributed by atoms with Crippen LogP contribution in [0.5, 0.6) is 0 Å². The SMILES string of the molecule is CC(C)C(O)C(C)(C)CNC(=O)c1cnns1. The van der Waals surface area contributed by atoms with E-state index in [2.05, 4.69) is 14.9 Å². The van der Waals surface area contributed by atoms with Crippen LogP contribution in [0.15, 0.2) is 6.20 Å². The van der Waals surface area contributed by atoms with Crippen molar-refractivity contribution in [1.29, 1.82) is 0 Å². The minimum atomic E-state index is -0.456. The predicted molar refractivity (Wildman–Crippen MR) is 66.9 cm³/mol. The highest BCUT2D eigenvalue weighted by Gasteiger charge is 2.30. The van der Waals surface area contributed by atoms with Gasteiger partial charge in [0.05, 0.1) is 12.3 Å². The Labute approximate surface area is 105 Å². The van der Waals surface area contributed by atoms with Crippen LogP contribution in [0, 0.1) is 11.3 Å². The maximum absolute atomic E-state index is 11.7. The average molecular weight is 257 g/mol. The summed E-state index contributed by atoms with van der Waals surface area (Å²) in [5, 5.41) is 16.4. The molecule has 0 aliphatic rings. The zero-order valence-electron chi connectivity index (χ0n) is 10.6. The van der Waals surface area contributed by atoms with E-state index in [-0.39, 0.29) is 17.2 Å². The number of hydrogen-bond acceptors (Lipinski definition) is 5. The lowest BCUT2D eigenvalue weighted by Gasteiger charge is -2.33. The molecule has 1 aromatic rings. The summed E-state index contributed by atoms with van der Waals surface area (Å²) in [4.78, 5) is 12.2. The van der Waals surface area contributed by atoms with Gasteiger partial charge < -0.3 is 10.4 Å². The highest BCUT2D eigenvalue weighted by atomic mass is 32.1. The van der Waals surface area contributed by atoms with Crippen molar-refractivity contribution >= 4 is 17.4 Å². The molecule has 96 valence electrons. The van der Waals surface area contributed by atoms with Gasteiger partial charge >= 0.3 is 0 Å². The second-order valence-electron chi connectivity index (χ2n) is 5.14. The summed E-state index contributed by atoms with van der Waals surface area (Å²) in [6, 6.07) is 0. The molecule has 0 aliphatic heterocycles. The Hall–Kier alpha value is -1.01. The van der Waals surface area contributed by atoms with Gasteiger partial charge in [-0.2, -0.15) is 0 Å². The number of nitrogens with one attached hydrogen (secondary N) is 1. The second kappa shape index (κ2) is 5.55. The van der Waals surface area contributed by atoms with Crippen LogP contribution in [0.25, 0.3) is 0 Å². The first-order chi connectivity index (χ1) is 7.84. The summed E-state index contributed by atoms with van der Waals surface area (Å²) >= 11 is 1.06. The van der Waals surface area contributed by atoms with E-state index in [0.717, 1.165) is 11.5 Å². The maximum Gasteiger partial charge on any atom is 0.264 e. The molecule has 0 radical (unpaired) electrons. The van der Waals surface area contributed by atoms with Crippen molar-refractivity contribution in [3.8, 4) is 0 Å². The molecule has 0 bridgehead atoms. The molecule has 6 heteroatoms. The molecule has 0 saturated heterocycles. The maximum atomic E-state index is 11.7. The molecular weight excluding hydrogens is 238 g/mol. The molecule has 1 heterocycles. The second-order valence-corrected chi connectivity index (χ2v) is 5.93. The van der Waals surface area contributed by atoms with Gasteiger partial charge in [0.15, 0.2) is 0 Å². The number of rotatable bonds is 5. The van der Waals surface area contributed by atoms with Gasteiger partial charge in [0.1, 0.15) is 4.88 Å². The lowest BCUT2D eigenvalue weighted by atomic mass is 9.81. The molecule has 0 saturated carbocycles. The summed E-state index contributed by atoms with van der Waals surface area (Å²) in [6.45, 7) is 8.21. The first kappa shape index (κ1) is 14.1. The van der Waals surface area contributed by atoms with E-state index < -0.39 is 6.10 Å². The molecule has 2 N–H and O–H groups in total. The predicted octanol–water partition coefficient (Wildman–Crippen LogP) is 1.31. The highest BCUT2D eigenvalue weighted by molar-refractivity contribution is 7.07. The van der Waals surface area contributed by atoms with E-state index >= 15 is 0 Å². The summed E-state index contributed by atoms with van der Waals surface area (Å²) in [5.41, 5.74) is -0.359. The van der Waals surface area contributed by atoms with E-state index in [9.17, 15) is 9.90 Å². The smallest absolute Gasteiger partial charge is 0.264 e. The number of nitrogens with zero attached hydrogens (tertiary/aromatic N) is 2. The fourth-order valence-corrected chi connectivity index (χ4v) is 2.10. The third-order valence-corrected chi connectivity index (χ3v) is 3.39. The Morgan fingerprint density at radius 3 is 2.71 bits per heavy atom. The first-order valence-corrected chi connectivity index (χ1v) is 6.35. The van der Waals surface area contributed by atoms with Crippen LogP contribution in [-0.4, -0.2) is 33.2 Å². The largest absolute Gasteiger partial charge is 0.392 e. The topological polar surface area (TPSA) is 75.1 Å². The molecular formula is C11H19N3O2S. The number of carbonyl (C=O) groups excluding carboxylic acids is 1. The van der Waals surface area contributed by atoms with E-state index in [1.807, 2.05) is 27.7 Å². The Morgan fingerprint density at radius 1 is 1.59 bits per heavy atom. The van der Waals surface area contributed by atoms with Crippen molar-refractivity contribution in [3.63, 3.8) is 0 Å². The van der Waals surface area contributed by atoms with E-state index in [1.165, 1.54) is 6.20 Å². The average Bonchev–Trinajstić information content (AvgIpc) is 2.78. The van der Waals surface area contributed by atoms with Gasteiger partial charge in [-0.15, -0.1) is 5.10 Å². The molecule has 1 unspecified atom stereocenters. The van der Waals surface area contributed by atoms with Crippen LogP contribution in [0.2, 0.25) is 0 Å². The molecule has 17 heavy (non-hydrogen) atoms. The minimum absolute atomic E-state index is 0.159. The quantitative estimate of drug-likeness (QED) is 0.834. The monoisotopic (exact) mass is 257 g/mol. The third kappa shape index (κ3) is 3.74. The van der Waals surface area contributed by atoms with Crippen molar-refractivity contribution in [2.45, 2.75) is 33.8 Å². The van der Waals surface area contributed by atoms with Gasteiger partial charge in [-0.1, -0.05) is 32.2 Å². The van der Waals surface area contributed by atoms with Gasteiger partial charge in [0.25, 0.3) is 5.91 Å². The van der Waals surface area contributed by atoms with E-state index in [0.29, 0.717) is 11.4 Å². The molecule has 1 amide bonds. The van der Waals surface area contributed by atoms with Gasteiger partial charge in [-0.05, 0) is 17.5 Å². The van der Waals surface area contributed by atoms with E-state index in [4.69, 9.17) is 0 Å². The lowest BCUT2D eigenvalue weighted by Crippen LogP contribution is -2.43. The van der Waals surface area contributed by atoms with Crippen LogP contribution in [0.4, 0.5) is 0 Å². The van der Waals surface area contributed by atoms with Crippen molar-refractivity contribution in [1.82, 2.24) is 14.9 Å². The number of carbonyl (C=O) groups is 1. The van der Waals surface area contributed by atoms with Crippen LogP contribution in [0.1, 0.15) is 37.4 Å². The fourth-order valence-electron chi connectivity index (χ4n) is 1.67. The van der Waals surface area contributed by atoms with Crippen LogP contribution in [-0.2, 0) is 0 Å².